The van der Waals surface area contributed by atoms with Crippen LogP contribution in [-0.2, 0) is 15.4 Å². The Hall–Kier alpha value is -1.65. The van der Waals surface area contributed by atoms with E-state index in [-0.39, 0.29) is 10.3 Å². The van der Waals surface area contributed by atoms with E-state index in [1.54, 1.807) is 12.1 Å². The van der Waals surface area contributed by atoms with E-state index >= 15 is 0 Å². The van der Waals surface area contributed by atoms with Crippen LogP contribution in [0.25, 0.3) is 11.1 Å². The van der Waals surface area contributed by atoms with Crippen molar-refractivity contribution in [1.29, 1.82) is 0 Å². The van der Waals surface area contributed by atoms with E-state index < -0.39 is 10.0 Å². The number of sulfonamides is 1. The van der Waals surface area contributed by atoms with Crippen LogP contribution < -0.4 is 5.14 Å². The summed E-state index contributed by atoms with van der Waals surface area (Å²) in [5.41, 5.74) is 4.29. The van der Waals surface area contributed by atoms with Crippen LogP contribution in [0.1, 0.15) is 25.0 Å². The predicted molar refractivity (Wildman–Crippen MR) is 75.4 cm³/mol. The van der Waals surface area contributed by atoms with Crippen molar-refractivity contribution in [2.45, 2.75) is 24.2 Å². The fourth-order valence-corrected chi connectivity index (χ4v) is 3.40. The third kappa shape index (κ3) is 1.71. The standard InChI is InChI=1S/C15H15NO2S/c1-15(2)13-6-4-3-5-11(13)12-8-7-10(9-14(12)15)19(16,17)18/h3-9H,1-2H3,(H2,16,17,18). The molecule has 1 aliphatic rings. The van der Waals surface area contributed by atoms with Crippen molar-refractivity contribution in [3.63, 3.8) is 0 Å². The second-order valence-electron chi connectivity index (χ2n) is 5.42. The van der Waals surface area contributed by atoms with Crippen LogP contribution in [0, 0.1) is 0 Å². The lowest BCUT2D eigenvalue weighted by Crippen LogP contribution is -2.17. The normalized spacial score (nSPS) is 15.9. The molecule has 0 aromatic heterocycles. The third-order valence-electron chi connectivity index (χ3n) is 3.88. The second kappa shape index (κ2) is 3.68. The molecule has 0 amide bonds. The zero-order valence-electron chi connectivity index (χ0n) is 10.8. The molecule has 0 fully saturated rings. The van der Waals surface area contributed by atoms with Crippen LogP contribution in [0.2, 0.25) is 0 Å². The van der Waals surface area contributed by atoms with E-state index in [2.05, 4.69) is 26.0 Å². The number of hydrogen-bond donors (Lipinski definition) is 1. The molecular formula is C15H15NO2S. The van der Waals surface area contributed by atoms with Gasteiger partial charge in [-0.15, -0.1) is 0 Å². The van der Waals surface area contributed by atoms with E-state index in [0.29, 0.717) is 0 Å². The number of hydrogen-bond acceptors (Lipinski definition) is 2. The number of fused-ring (bicyclic) bond motifs is 3. The van der Waals surface area contributed by atoms with Crippen molar-refractivity contribution in [2.24, 2.45) is 5.14 Å². The molecule has 98 valence electrons. The Morgan fingerprint density at radius 2 is 1.58 bits per heavy atom. The highest BCUT2D eigenvalue weighted by Crippen LogP contribution is 2.48. The first-order valence-electron chi connectivity index (χ1n) is 6.09. The second-order valence-corrected chi connectivity index (χ2v) is 6.98. The fourth-order valence-electron chi connectivity index (χ4n) is 2.86. The van der Waals surface area contributed by atoms with Gasteiger partial charge < -0.3 is 0 Å². The molecule has 0 saturated carbocycles. The Kier molecular flexibility index (Phi) is 2.40. The largest absolute Gasteiger partial charge is 0.238 e. The highest BCUT2D eigenvalue weighted by atomic mass is 32.2. The van der Waals surface area contributed by atoms with E-state index in [1.807, 2.05) is 18.2 Å². The van der Waals surface area contributed by atoms with Crippen molar-refractivity contribution >= 4 is 10.0 Å². The molecule has 0 radical (unpaired) electrons. The maximum absolute atomic E-state index is 11.5. The Balaban J connectivity index is 2.33. The van der Waals surface area contributed by atoms with Gasteiger partial charge in [0.1, 0.15) is 0 Å². The lowest BCUT2D eigenvalue weighted by Gasteiger charge is -2.21. The van der Waals surface area contributed by atoms with Crippen LogP contribution >= 0.6 is 0 Å². The van der Waals surface area contributed by atoms with Gasteiger partial charge in [0.25, 0.3) is 0 Å². The van der Waals surface area contributed by atoms with Gasteiger partial charge in [-0.25, -0.2) is 13.6 Å². The van der Waals surface area contributed by atoms with Gasteiger partial charge in [-0.2, -0.15) is 0 Å². The minimum absolute atomic E-state index is 0.173. The van der Waals surface area contributed by atoms with Gasteiger partial charge in [-0.05, 0) is 34.4 Å². The summed E-state index contributed by atoms with van der Waals surface area (Å²) in [4.78, 5) is 0.173. The summed E-state index contributed by atoms with van der Waals surface area (Å²) < 4.78 is 23.0. The molecule has 0 atom stereocenters. The molecule has 3 nitrogen and oxygen atoms in total. The molecule has 2 aromatic carbocycles. The Bertz CT molecular complexity index is 776. The summed E-state index contributed by atoms with van der Waals surface area (Å²) in [5.74, 6) is 0. The van der Waals surface area contributed by atoms with Gasteiger partial charge in [0.05, 0.1) is 4.90 Å². The van der Waals surface area contributed by atoms with Crippen LogP contribution in [0.4, 0.5) is 0 Å². The number of rotatable bonds is 1. The molecular weight excluding hydrogens is 258 g/mol. The molecule has 0 heterocycles. The summed E-state index contributed by atoms with van der Waals surface area (Å²) in [6.07, 6.45) is 0. The molecule has 4 heteroatoms. The Morgan fingerprint density at radius 1 is 0.947 bits per heavy atom. The van der Waals surface area contributed by atoms with E-state index in [9.17, 15) is 8.42 Å². The maximum Gasteiger partial charge on any atom is 0.238 e. The van der Waals surface area contributed by atoms with Gasteiger partial charge in [0, 0.05) is 5.41 Å². The van der Waals surface area contributed by atoms with Gasteiger partial charge in [0.15, 0.2) is 0 Å². The minimum atomic E-state index is -3.66. The molecule has 0 spiro atoms. The van der Waals surface area contributed by atoms with Gasteiger partial charge in [-0.3, -0.25) is 0 Å². The number of primary sulfonamides is 1. The number of benzene rings is 2. The molecule has 0 unspecified atom stereocenters. The summed E-state index contributed by atoms with van der Waals surface area (Å²) in [7, 11) is -3.66. The van der Waals surface area contributed by atoms with Crippen LogP contribution in [-0.4, -0.2) is 8.42 Å². The first-order valence-corrected chi connectivity index (χ1v) is 7.63. The van der Waals surface area contributed by atoms with Crippen LogP contribution in [0.3, 0.4) is 0 Å². The summed E-state index contributed by atoms with van der Waals surface area (Å²) in [5, 5.41) is 5.22. The summed E-state index contributed by atoms with van der Waals surface area (Å²) in [6.45, 7) is 4.20. The molecule has 2 aromatic rings. The highest BCUT2D eigenvalue weighted by Gasteiger charge is 2.35. The molecule has 0 aliphatic heterocycles. The fraction of sp³-hybridized carbons (Fsp3) is 0.200. The predicted octanol–water partition coefficient (Wildman–Crippen LogP) is 2.64. The molecule has 19 heavy (non-hydrogen) atoms. The third-order valence-corrected chi connectivity index (χ3v) is 4.79. The van der Waals surface area contributed by atoms with Gasteiger partial charge in [-0.1, -0.05) is 44.2 Å². The van der Waals surface area contributed by atoms with Crippen LogP contribution in [0.5, 0.6) is 0 Å². The average molecular weight is 273 g/mol. The zero-order chi connectivity index (χ0) is 13.8. The van der Waals surface area contributed by atoms with Crippen molar-refractivity contribution in [2.75, 3.05) is 0 Å². The van der Waals surface area contributed by atoms with Crippen molar-refractivity contribution < 1.29 is 8.42 Å². The summed E-state index contributed by atoms with van der Waals surface area (Å²) >= 11 is 0. The number of nitrogens with two attached hydrogens (primary N) is 1. The quantitative estimate of drug-likeness (QED) is 0.868. The first kappa shape index (κ1) is 12.4. The molecule has 1 aliphatic carbocycles. The van der Waals surface area contributed by atoms with E-state index in [1.165, 1.54) is 11.1 Å². The Labute approximate surface area is 113 Å². The molecule has 0 bridgehead atoms. The monoisotopic (exact) mass is 273 g/mol. The van der Waals surface area contributed by atoms with Gasteiger partial charge in [0.2, 0.25) is 10.0 Å². The van der Waals surface area contributed by atoms with Gasteiger partial charge >= 0.3 is 0 Å². The van der Waals surface area contributed by atoms with Crippen LogP contribution in [0.15, 0.2) is 47.4 Å². The van der Waals surface area contributed by atoms with E-state index in [0.717, 1.165) is 11.1 Å². The molecule has 0 saturated heterocycles. The van der Waals surface area contributed by atoms with E-state index in [4.69, 9.17) is 5.14 Å². The molecule has 2 N–H and O–H groups in total. The van der Waals surface area contributed by atoms with Crippen molar-refractivity contribution in [3.05, 3.63) is 53.6 Å². The van der Waals surface area contributed by atoms with Crippen molar-refractivity contribution in [3.8, 4) is 11.1 Å². The minimum Gasteiger partial charge on any atom is -0.225 e. The average Bonchev–Trinajstić information content (AvgIpc) is 2.58. The Morgan fingerprint density at radius 3 is 2.26 bits per heavy atom. The SMILES string of the molecule is CC1(C)c2ccccc2-c2ccc(S(N)(=O)=O)cc21. The molecule has 3 rings (SSSR count). The smallest absolute Gasteiger partial charge is 0.225 e. The summed E-state index contributed by atoms with van der Waals surface area (Å²) in [6, 6.07) is 13.3. The first-order chi connectivity index (χ1) is 8.82. The lowest BCUT2D eigenvalue weighted by atomic mass is 9.82. The highest BCUT2D eigenvalue weighted by molar-refractivity contribution is 7.89. The maximum atomic E-state index is 11.5. The lowest BCUT2D eigenvalue weighted by molar-refractivity contribution is 0.597. The van der Waals surface area contributed by atoms with Crippen molar-refractivity contribution in [1.82, 2.24) is 0 Å². The zero-order valence-corrected chi connectivity index (χ0v) is 11.7. The topological polar surface area (TPSA) is 60.2 Å².